The summed E-state index contributed by atoms with van der Waals surface area (Å²) in [5.74, 6) is 1.42. The summed E-state index contributed by atoms with van der Waals surface area (Å²) in [5, 5.41) is 14.6. The number of aryl methyl sites for hydroxylation is 1. The molecular formula is C15H16N6S2. The number of hydrogen-bond donors (Lipinski definition) is 1. The molecule has 0 bridgehead atoms. The molecule has 0 radical (unpaired) electrons. The number of aromatic amines is 1. The van der Waals surface area contributed by atoms with E-state index in [1.54, 1.807) is 16.0 Å². The minimum absolute atomic E-state index is 0.489. The maximum atomic E-state index is 5.28. The van der Waals surface area contributed by atoms with E-state index in [-0.39, 0.29) is 0 Å². The Kier molecular flexibility index (Phi) is 3.50. The minimum Gasteiger partial charge on any atom is -0.294 e. The van der Waals surface area contributed by atoms with Crippen LogP contribution in [0.5, 0.6) is 0 Å². The van der Waals surface area contributed by atoms with Crippen LogP contribution in [0, 0.1) is 18.6 Å². The molecule has 1 saturated carbocycles. The highest BCUT2D eigenvalue weighted by atomic mass is 32.1. The van der Waals surface area contributed by atoms with Gasteiger partial charge in [0, 0.05) is 34.4 Å². The van der Waals surface area contributed by atoms with E-state index < -0.39 is 0 Å². The molecule has 8 heteroatoms. The first-order valence-electron chi connectivity index (χ1n) is 7.45. The van der Waals surface area contributed by atoms with Gasteiger partial charge >= 0.3 is 0 Å². The second-order valence-corrected chi connectivity index (χ2v) is 6.95. The lowest BCUT2D eigenvalue weighted by atomic mass is 10.3. The third-order valence-electron chi connectivity index (χ3n) is 4.01. The molecule has 1 N–H and O–H groups in total. The zero-order valence-electron chi connectivity index (χ0n) is 12.9. The van der Waals surface area contributed by atoms with Crippen LogP contribution in [0.25, 0.3) is 5.13 Å². The minimum atomic E-state index is 0.489. The third-order valence-corrected chi connectivity index (χ3v) is 5.03. The predicted octanol–water partition coefficient (Wildman–Crippen LogP) is 3.56. The van der Waals surface area contributed by atoms with Crippen molar-refractivity contribution in [3.8, 4) is 5.13 Å². The Balaban J connectivity index is 1.71. The second-order valence-electron chi connectivity index (χ2n) is 5.69. The Morgan fingerprint density at radius 3 is 2.96 bits per heavy atom. The Morgan fingerprint density at radius 2 is 2.26 bits per heavy atom. The molecule has 0 saturated heterocycles. The van der Waals surface area contributed by atoms with Crippen molar-refractivity contribution in [1.29, 1.82) is 0 Å². The number of rotatable bonds is 4. The molecule has 3 aromatic heterocycles. The molecule has 0 amide bonds. The summed E-state index contributed by atoms with van der Waals surface area (Å²) in [6, 6.07) is 2.11. The first-order valence-corrected chi connectivity index (χ1v) is 8.74. The van der Waals surface area contributed by atoms with Gasteiger partial charge in [-0.3, -0.25) is 9.67 Å². The van der Waals surface area contributed by atoms with Crippen LogP contribution < -0.4 is 0 Å². The molecule has 3 aromatic rings. The lowest BCUT2D eigenvalue weighted by molar-refractivity contribution is 0.772. The molecule has 118 valence electrons. The van der Waals surface area contributed by atoms with Crippen LogP contribution in [-0.2, 0) is 0 Å². The highest BCUT2D eigenvalue weighted by molar-refractivity contribution is 7.71. The molecule has 0 aliphatic heterocycles. The zero-order valence-corrected chi connectivity index (χ0v) is 14.5. The van der Waals surface area contributed by atoms with Gasteiger partial charge in [0.05, 0.1) is 6.21 Å². The number of nitrogens with zero attached hydrogens (tertiary/aromatic N) is 5. The molecule has 0 aromatic carbocycles. The average molecular weight is 344 g/mol. The normalized spacial score (nSPS) is 14.9. The van der Waals surface area contributed by atoms with E-state index in [2.05, 4.69) is 44.8 Å². The van der Waals surface area contributed by atoms with E-state index in [4.69, 9.17) is 12.2 Å². The fourth-order valence-electron chi connectivity index (χ4n) is 2.68. The highest BCUT2D eigenvalue weighted by Gasteiger charge is 2.29. The van der Waals surface area contributed by atoms with Gasteiger partial charge in [0.25, 0.3) is 0 Å². The van der Waals surface area contributed by atoms with Gasteiger partial charge in [-0.2, -0.15) is 14.9 Å². The van der Waals surface area contributed by atoms with Crippen molar-refractivity contribution < 1.29 is 0 Å². The van der Waals surface area contributed by atoms with E-state index in [1.807, 2.05) is 17.8 Å². The summed E-state index contributed by atoms with van der Waals surface area (Å²) in [6.07, 6.45) is 5.99. The Hall–Kier alpha value is -2.06. The van der Waals surface area contributed by atoms with Gasteiger partial charge in [-0.25, -0.2) is 4.98 Å². The number of aromatic nitrogens is 5. The Morgan fingerprint density at radius 1 is 1.43 bits per heavy atom. The van der Waals surface area contributed by atoms with Gasteiger partial charge in [0.15, 0.2) is 11.0 Å². The molecule has 0 unspecified atom stereocenters. The van der Waals surface area contributed by atoms with Crippen LogP contribution in [0.15, 0.2) is 22.7 Å². The highest BCUT2D eigenvalue weighted by Crippen LogP contribution is 2.38. The van der Waals surface area contributed by atoms with Crippen molar-refractivity contribution >= 4 is 29.8 Å². The SMILES string of the molecule is Cc1cc(/C=N\n2c(C3CC3)n[nH]c2=S)c(C)n1-c1nccs1. The van der Waals surface area contributed by atoms with Gasteiger partial charge in [-0.1, -0.05) is 0 Å². The smallest absolute Gasteiger partial charge is 0.216 e. The van der Waals surface area contributed by atoms with E-state index >= 15 is 0 Å². The van der Waals surface area contributed by atoms with E-state index in [0.717, 1.165) is 40.7 Å². The molecule has 1 aliphatic carbocycles. The molecule has 23 heavy (non-hydrogen) atoms. The van der Waals surface area contributed by atoms with Crippen LogP contribution in [0.2, 0.25) is 0 Å². The lowest BCUT2D eigenvalue weighted by Crippen LogP contribution is -2.00. The summed E-state index contributed by atoms with van der Waals surface area (Å²) in [4.78, 5) is 4.39. The van der Waals surface area contributed by atoms with E-state index in [1.165, 1.54) is 0 Å². The van der Waals surface area contributed by atoms with E-state index in [9.17, 15) is 0 Å². The zero-order chi connectivity index (χ0) is 16.0. The van der Waals surface area contributed by atoms with Gasteiger partial charge in [-0.05, 0) is 45.0 Å². The summed E-state index contributed by atoms with van der Waals surface area (Å²) in [6.45, 7) is 4.15. The van der Waals surface area contributed by atoms with Crippen LogP contribution >= 0.6 is 23.6 Å². The molecule has 1 fully saturated rings. The topological polar surface area (TPSA) is 63.8 Å². The number of thiazole rings is 1. The predicted molar refractivity (Wildman–Crippen MR) is 93.3 cm³/mol. The summed E-state index contributed by atoms with van der Waals surface area (Å²) >= 11 is 6.90. The maximum Gasteiger partial charge on any atom is 0.216 e. The van der Waals surface area contributed by atoms with Gasteiger partial charge in [-0.15, -0.1) is 11.3 Å². The first-order chi connectivity index (χ1) is 11.1. The van der Waals surface area contributed by atoms with Crippen LogP contribution in [0.3, 0.4) is 0 Å². The summed E-state index contributed by atoms with van der Waals surface area (Å²) < 4.78 is 4.42. The number of hydrogen-bond acceptors (Lipinski definition) is 5. The van der Waals surface area contributed by atoms with Crippen molar-refractivity contribution in [1.82, 2.24) is 24.4 Å². The molecule has 1 aliphatic rings. The van der Waals surface area contributed by atoms with Crippen LogP contribution in [-0.4, -0.2) is 30.6 Å². The van der Waals surface area contributed by atoms with Crippen molar-refractivity contribution in [2.75, 3.05) is 0 Å². The van der Waals surface area contributed by atoms with Crippen molar-refractivity contribution in [2.45, 2.75) is 32.6 Å². The largest absolute Gasteiger partial charge is 0.294 e. The standard InChI is InChI=1S/C15H16N6S2/c1-9-7-12(10(2)20(9)15-16-5-6-23-15)8-17-21-13(11-3-4-11)18-19-14(21)22/h5-8,11H,3-4H2,1-2H3,(H,19,22)/b17-8-. The summed E-state index contributed by atoms with van der Waals surface area (Å²) in [7, 11) is 0. The van der Waals surface area contributed by atoms with E-state index in [0.29, 0.717) is 10.7 Å². The van der Waals surface area contributed by atoms with Crippen molar-refractivity contribution in [2.24, 2.45) is 5.10 Å². The number of H-pyrrole nitrogens is 1. The molecule has 0 spiro atoms. The van der Waals surface area contributed by atoms with Crippen molar-refractivity contribution in [3.63, 3.8) is 0 Å². The fraction of sp³-hybridized carbons (Fsp3) is 0.333. The quantitative estimate of drug-likeness (QED) is 0.581. The van der Waals surface area contributed by atoms with Crippen molar-refractivity contribution in [3.05, 3.63) is 45.2 Å². The van der Waals surface area contributed by atoms with Gasteiger partial charge in [0.2, 0.25) is 4.77 Å². The number of nitrogens with one attached hydrogen (secondary N) is 1. The van der Waals surface area contributed by atoms with Gasteiger partial charge in [0.1, 0.15) is 0 Å². The average Bonchev–Trinajstić information content (AvgIpc) is 2.97. The maximum absolute atomic E-state index is 5.28. The molecule has 6 nitrogen and oxygen atoms in total. The van der Waals surface area contributed by atoms with Crippen LogP contribution in [0.4, 0.5) is 0 Å². The molecule has 3 heterocycles. The Bertz CT molecular complexity index is 924. The molecular weight excluding hydrogens is 328 g/mol. The Labute approximate surface area is 142 Å². The molecule has 4 rings (SSSR count). The van der Waals surface area contributed by atoms with Gasteiger partial charge < -0.3 is 0 Å². The fourth-order valence-corrected chi connectivity index (χ4v) is 3.62. The van der Waals surface area contributed by atoms with Crippen LogP contribution in [0.1, 0.15) is 41.5 Å². The third kappa shape index (κ3) is 2.57. The monoisotopic (exact) mass is 344 g/mol. The summed E-state index contributed by atoms with van der Waals surface area (Å²) in [5.41, 5.74) is 3.31. The first kappa shape index (κ1) is 14.5. The second kappa shape index (κ2) is 5.54. The lowest BCUT2D eigenvalue weighted by Gasteiger charge is -2.04. The molecule has 0 atom stereocenters.